The molecule has 0 aliphatic carbocycles. The average Bonchev–Trinajstić information content (AvgIpc) is 2.71. The van der Waals surface area contributed by atoms with E-state index >= 15 is 0 Å². The third kappa shape index (κ3) is 4.35. The summed E-state index contributed by atoms with van der Waals surface area (Å²) in [6.45, 7) is 10.8. The minimum absolute atomic E-state index is 0.576. The first-order valence-corrected chi connectivity index (χ1v) is 6.40. The van der Waals surface area contributed by atoms with Gasteiger partial charge >= 0.3 is 0 Å². The van der Waals surface area contributed by atoms with Crippen molar-refractivity contribution in [2.75, 3.05) is 6.54 Å². The number of nitrogens with zero attached hydrogens (tertiary/aromatic N) is 2. The van der Waals surface area contributed by atoms with Crippen molar-refractivity contribution in [1.29, 1.82) is 0 Å². The van der Waals surface area contributed by atoms with Crippen LogP contribution in [-0.4, -0.2) is 22.4 Å². The zero-order chi connectivity index (χ0) is 12.0. The lowest BCUT2D eigenvalue weighted by Crippen LogP contribution is -2.29. The Morgan fingerprint density at radius 2 is 2.12 bits per heavy atom. The summed E-state index contributed by atoms with van der Waals surface area (Å²) in [7, 11) is 0. The summed E-state index contributed by atoms with van der Waals surface area (Å²) in [6.07, 6.45) is 6.52. The number of rotatable bonds is 7. The molecule has 1 atom stereocenters. The van der Waals surface area contributed by atoms with Crippen LogP contribution in [0.2, 0.25) is 0 Å². The van der Waals surface area contributed by atoms with E-state index in [1.807, 2.05) is 10.9 Å². The van der Waals surface area contributed by atoms with Crippen LogP contribution in [-0.2, 0) is 13.0 Å². The molecule has 0 aliphatic rings. The van der Waals surface area contributed by atoms with E-state index in [2.05, 4.69) is 44.3 Å². The van der Waals surface area contributed by atoms with Gasteiger partial charge in [-0.1, -0.05) is 27.2 Å². The second-order valence-corrected chi connectivity index (χ2v) is 4.75. The van der Waals surface area contributed by atoms with Crippen molar-refractivity contribution >= 4 is 0 Å². The maximum atomic E-state index is 4.31. The van der Waals surface area contributed by atoms with Crippen molar-refractivity contribution in [2.45, 2.75) is 53.1 Å². The molecular weight excluding hydrogens is 198 g/mol. The van der Waals surface area contributed by atoms with Gasteiger partial charge in [0.05, 0.1) is 6.20 Å². The zero-order valence-corrected chi connectivity index (χ0v) is 11.0. The van der Waals surface area contributed by atoms with Gasteiger partial charge in [0.1, 0.15) is 0 Å². The summed E-state index contributed by atoms with van der Waals surface area (Å²) >= 11 is 0. The van der Waals surface area contributed by atoms with Crippen LogP contribution in [0.15, 0.2) is 12.4 Å². The van der Waals surface area contributed by atoms with E-state index in [9.17, 15) is 0 Å². The highest BCUT2D eigenvalue weighted by Gasteiger charge is 2.09. The van der Waals surface area contributed by atoms with E-state index in [0.717, 1.165) is 25.4 Å². The van der Waals surface area contributed by atoms with Gasteiger partial charge in [-0.25, -0.2) is 0 Å². The van der Waals surface area contributed by atoms with Crippen LogP contribution in [0, 0.1) is 5.92 Å². The van der Waals surface area contributed by atoms with Gasteiger partial charge in [0.2, 0.25) is 0 Å². The van der Waals surface area contributed by atoms with Crippen molar-refractivity contribution in [3.05, 3.63) is 18.0 Å². The standard InChI is InChI=1S/C13H25N3/c1-5-12(8-14-11(3)4)7-13-9-15-16(6-2)10-13/h9-12,14H,5-8H2,1-4H3. The Balaban J connectivity index is 2.42. The molecule has 1 N–H and O–H groups in total. The Bertz CT molecular complexity index is 291. The van der Waals surface area contributed by atoms with Crippen LogP contribution in [0.1, 0.15) is 39.7 Å². The average molecular weight is 223 g/mol. The third-order valence-electron chi connectivity index (χ3n) is 2.93. The van der Waals surface area contributed by atoms with E-state index in [4.69, 9.17) is 0 Å². The van der Waals surface area contributed by atoms with Gasteiger partial charge in [-0.2, -0.15) is 5.10 Å². The third-order valence-corrected chi connectivity index (χ3v) is 2.93. The Labute approximate surface area is 99.2 Å². The lowest BCUT2D eigenvalue weighted by Gasteiger charge is -2.16. The van der Waals surface area contributed by atoms with Gasteiger partial charge in [0.15, 0.2) is 0 Å². The molecule has 0 aliphatic heterocycles. The molecule has 1 unspecified atom stereocenters. The SMILES string of the molecule is CCC(CNC(C)C)Cc1cnn(CC)c1. The quantitative estimate of drug-likeness (QED) is 0.769. The summed E-state index contributed by atoms with van der Waals surface area (Å²) in [5.74, 6) is 0.719. The predicted molar refractivity (Wildman–Crippen MR) is 68.5 cm³/mol. The molecule has 0 spiro atoms. The maximum absolute atomic E-state index is 4.31. The summed E-state index contributed by atoms with van der Waals surface area (Å²) in [6, 6.07) is 0.576. The summed E-state index contributed by atoms with van der Waals surface area (Å²) in [4.78, 5) is 0. The smallest absolute Gasteiger partial charge is 0.0521 e. The molecule has 0 bridgehead atoms. The molecule has 3 nitrogen and oxygen atoms in total. The summed E-state index contributed by atoms with van der Waals surface area (Å²) < 4.78 is 2.00. The van der Waals surface area contributed by atoms with Gasteiger partial charge < -0.3 is 5.32 Å². The molecule has 1 aromatic heterocycles. The number of hydrogen-bond acceptors (Lipinski definition) is 2. The van der Waals surface area contributed by atoms with Gasteiger partial charge in [-0.05, 0) is 31.4 Å². The van der Waals surface area contributed by atoms with Crippen LogP contribution < -0.4 is 5.32 Å². The summed E-state index contributed by atoms with van der Waals surface area (Å²) in [5, 5.41) is 7.82. The van der Waals surface area contributed by atoms with Crippen LogP contribution in [0.3, 0.4) is 0 Å². The highest BCUT2D eigenvalue weighted by molar-refractivity contribution is 5.05. The fourth-order valence-corrected chi connectivity index (χ4v) is 1.78. The van der Waals surface area contributed by atoms with Crippen LogP contribution in [0.5, 0.6) is 0 Å². The fraction of sp³-hybridized carbons (Fsp3) is 0.769. The van der Waals surface area contributed by atoms with Crippen molar-refractivity contribution in [2.24, 2.45) is 5.92 Å². The molecule has 1 rings (SSSR count). The Kier molecular flexibility index (Phi) is 5.53. The van der Waals surface area contributed by atoms with Crippen molar-refractivity contribution in [1.82, 2.24) is 15.1 Å². The second kappa shape index (κ2) is 6.69. The molecule has 1 heterocycles. The first-order chi connectivity index (χ1) is 7.65. The normalized spacial score (nSPS) is 13.3. The summed E-state index contributed by atoms with van der Waals surface area (Å²) in [5.41, 5.74) is 1.36. The number of aromatic nitrogens is 2. The largest absolute Gasteiger partial charge is 0.314 e. The molecule has 16 heavy (non-hydrogen) atoms. The van der Waals surface area contributed by atoms with Crippen LogP contribution in [0.4, 0.5) is 0 Å². The molecule has 0 amide bonds. The zero-order valence-electron chi connectivity index (χ0n) is 11.0. The van der Waals surface area contributed by atoms with Crippen molar-refractivity contribution in [3.63, 3.8) is 0 Å². The molecule has 0 saturated heterocycles. The van der Waals surface area contributed by atoms with Gasteiger partial charge in [-0.3, -0.25) is 4.68 Å². The molecule has 0 fully saturated rings. The Hall–Kier alpha value is -0.830. The number of hydrogen-bond donors (Lipinski definition) is 1. The molecular formula is C13H25N3. The van der Waals surface area contributed by atoms with E-state index in [1.54, 1.807) is 0 Å². The molecule has 0 saturated carbocycles. The van der Waals surface area contributed by atoms with Gasteiger partial charge in [0, 0.05) is 18.8 Å². The fourth-order valence-electron chi connectivity index (χ4n) is 1.78. The monoisotopic (exact) mass is 223 g/mol. The Morgan fingerprint density at radius 3 is 2.62 bits per heavy atom. The molecule has 0 aromatic carbocycles. The predicted octanol–water partition coefficient (Wildman–Crippen LogP) is 2.47. The topological polar surface area (TPSA) is 29.9 Å². The van der Waals surface area contributed by atoms with E-state index < -0.39 is 0 Å². The first kappa shape index (κ1) is 13.2. The number of nitrogens with one attached hydrogen (secondary N) is 1. The molecule has 1 aromatic rings. The minimum Gasteiger partial charge on any atom is -0.314 e. The molecule has 92 valence electrons. The lowest BCUT2D eigenvalue weighted by molar-refractivity contribution is 0.436. The van der Waals surface area contributed by atoms with Crippen LogP contribution >= 0.6 is 0 Å². The van der Waals surface area contributed by atoms with Crippen LogP contribution in [0.25, 0.3) is 0 Å². The van der Waals surface area contributed by atoms with Gasteiger partial charge in [-0.15, -0.1) is 0 Å². The van der Waals surface area contributed by atoms with Crippen molar-refractivity contribution in [3.8, 4) is 0 Å². The maximum Gasteiger partial charge on any atom is 0.0521 e. The second-order valence-electron chi connectivity index (χ2n) is 4.75. The van der Waals surface area contributed by atoms with Gasteiger partial charge in [0.25, 0.3) is 0 Å². The molecule has 3 heteroatoms. The number of aryl methyl sites for hydroxylation is 1. The van der Waals surface area contributed by atoms with E-state index in [1.165, 1.54) is 12.0 Å². The Morgan fingerprint density at radius 1 is 1.38 bits per heavy atom. The highest BCUT2D eigenvalue weighted by atomic mass is 15.3. The molecule has 0 radical (unpaired) electrons. The first-order valence-electron chi connectivity index (χ1n) is 6.40. The van der Waals surface area contributed by atoms with E-state index in [0.29, 0.717) is 6.04 Å². The minimum atomic E-state index is 0.576. The highest BCUT2D eigenvalue weighted by Crippen LogP contribution is 2.11. The van der Waals surface area contributed by atoms with E-state index in [-0.39, 0.29) is 0 Å². The lowest BCUT2D eigenvalue weighted by atomic mass is 9.98. The van der Waals surface area contributed by atoms with Crippen molar-refractivity contribution < 1.29 is 0 Å².